The summed E-state index contributed by atoms with van der Waals surface area (Å²) >= 11 is 0. The van der Waals surface area contributed by atoms with Crippen LogP contribution in [0.25, 0.3) is 0 Å². The minimum absolute atomic E-state index is 0.0101. The standard InChI is InChI=1S/C19H22N2O5S/c1-13-6-7-14(2)18(10-13)19(22)21-9-8-17(12-21)26-16-5-3-4-15(11-16)20-27(23,24)25/h3-7,10-11,17,20H,8-9,12H2,1-2H3,(H,23,24,25)/t17-/m0/s1. The topological polar surface area (TPSA) is 95.9 Å². The number of nitrogens with one attached hydrogen (secondary N) is 1. The van der Waals surface area contributed by atoms with Gasteiger partial charge in [0.15, 0.2) is 0 Å². The van der Waals surface area contributed by atoms with Crippen molar-refractivity contribution in [2.45, 2.75) is 26.4 Å². The third-order valence-electron chi connectivity index (χ3n) is 4.44. The van der Waals surface area contributed by atoms with Crippen LogP contribution in [0.4, 0.5) is 5.69 Å². The predicted molar refractivity (Wildman–Crippen MR) is 102 cm³/mol. The van der Waals surface area contributed by atoms with Gasteiger partial charge in [-0.15, -0.1) is 0 Å². The quantitative estimate of drug-likeness (QED) is 0.766. The van der Waals surface area contributed by atoms with Crippen LogP contribution in [-0.4, -0.2) is 43.0 Å². The van der Waals surface area contributed by atoms with Crippen LogP contribution in [0.1, 0.15) is 27.9 Å². The Hall–Kier alpha value is -2.58. The van der Waals surface area contributed by atoms with Crippen LogP contribution in [0.3, 0.4) is 0 Å². The molecule has 0 spiro atoms. The van der Waals surface area contributed by atoms with Gasteiger partial charge in [-0.3, -0.25) is 14.1 Å². The Balaban J connectivity index is 1.65. The van der Waals surface area contributed by atoms with Gasteiger partial charge in [-0.05, 0) is 37.6 Å². The Kier molecular flexibility index (Phi) is 5.38. The average molecular weight is 390 g/mol. The molecule has 0 unspecified atom stereocenters. The fraction of sp³-hybridized carbons (Fsp3) is 0.316. The summed E-state index contributed by atoms with van der Waals surface area (Å²) in [5.41, 5.74) is 2.89. The van der Waals surface area contributed by atoms with E-state index in [1.165, 1.54) is 12.1 Å². The average Bonchev–Trinajstić information content (AvgIpc) is 3.03. The second-order valence-corrected chi connectivity index (χ2v) is 7.86. The number of carbonyl (C=O) groups is 1. The second kappa shape index (κ2) is 7.58. The molecule has 8 heteroatoms. The van der Waals surface area contributed by atoms with Crippen molar-refractivity contribution in [1.29, 1.82) is 0 Å². The number of nitrogens with zero attached hydrogens (tertiary/aromatic N) is 1. The number of benzene rings is 2. The molecule has 1 fully saturated rings. The normalized spacial score (nSPS) is 17.0. The maximum absolute atomic E-state index is 12.8. The molecule has 3 rings (SSSR count). The molecule has 1 saturated heterocycles. The van der Waals surface area contributed by atoms with Crippen molar-refractivity contribution in [1.82, 2.24) is 4.90 Å². The number of rotatable bonds is 5. The fourth-order valence-electron chi connectivity index (χ4n) is 3.12. The molecule has 2 aromatic rings. The van der Waals surface area contributed by atoms with Crippen LogP contribution in [0.2, 0.25) is 0 Å². The number of amides is 1. The van der Waals surface area contributed by atoms with E-state index in [-0.39, 0.29) is 17.7 Å². The summed E-state index contributed by atoms with van der Waals surface area (Å²) in [4.78, 5) is 14.6. The molecule has 0 bridgehead atoms. The number of aryl methyl sites for hydroxylation is 2. The van der Waals surface area contributed by atoms with Gasteiger partial charge in [0.05, 0.1) is 12.2 Å². The molecule has 0 aliphatic carbocycles. The van der Waals surface area contributed by atoms with Crippen molar-refractivity contribution in [3.05, 3.63) is 59.2 Å². The smallest absolute Gasteiger partial charge is 0.357 e. The zero-order chi connectivity index (χ0) is 19.6. The molecule has 1 heterocycles. The molecule has 144 valence electrons. The predicted octanol–water partition coefficient (Wildman–Crippen LogP) is 2.81. The van der Waals surface area contributed by atoms with Gasteiger partial charge in [-0.25, -0.2) is 0 Å². The van der Waals surface area contributed by atoms with Crippen molar-refractivity contribution in [3.8, 4) is 5.75 Å². The van der Waals surface area contributed by atoms with Gasteiger partial charge in [0, 0.05) is 24.6 Å². The molecule has 0 radical (unpaired) electrons. The number of ether oxygens (including phenoxy) is 1. The van der Waals surface area contributed by atoms with E-state index in [1.807, 2.05) is 36.8 Å². The van der Waals surface area contributed by atoms with E-state index in [1.54, 1.807) is 17.0 Å². The van der Waals surface area contributed by atoms with Crippen LogP contribution in [0, 0.1) is 13.8 Å². The number of anilines is 1. The highest BCUT2D eigenvalue weighted by atomic mass is 32.2. The summed E-state index contributed by atoms with van der Waals surface area (Å²) in [5, 5.41) is 0. The van der Waals surface area contributed by atoms with Gasteiger partial charge in [0.1, 0.15) is 11.9 Å². The van der Waals surface area contributed by atoms with E-state index in [0.29, 0.717) is 30.8 Å². The van der Waals surface area contributed by atoms with Gasteiger partial charge in [0.2, 0.25) is 0 Å². The van der Waals surface area contributed by atoms with E-state index in [2.05, 4.69) is 0 Å². The second-order valence-electron chi connectivity index (χ2n) is 6.70. The molecule has 2 aromatic carbocycles. The minimum Gasteiger partial charge on any atom is -0.488 e. The van der Waals surface area contributed by atoms with E-state index in [4.69, 9.17) is 9.29 Å². The van der Waals surface area contributed by atoms with Crippen LogP contribution >= 0.6 is 0 Å². The van der Waals surface area contributed by atoms with Gasteiger partial charge in [-0.1, -0.05) is 23.8 Å². The van der Waals surface area contributed by atoms with Gasteiger partial charge >= 0.3 is 10.3 Å². The first kappa shape index (κ1) is 19.2. The molecular weight excluding hydrogens is 368 g/mol. The minimum atomic E-state index is -4.34. The molecular formula is C19H22N2O5S. The monoisotopic (exact) mass is 390 g/mol. The van der Waals surface area contributed by atoms with Gasteiger partial charge < -0.3 is 9.64 Å². The summed E-state index contributed by atoms with van der Waals surface area (Å²) in [6.45, 7) is 4.94. The molecule has 1 amide bonds. The Morgan fingerprint density at radius 2 is 2.00 bits per heavy atom. The summed E-state index contributed by atoms with van der Waals surface area (Å²) in [6, 6.07) is 12.1. The van der Waals surface area contributed by atoms with E-state index < -0.39 is 10.3 Å². The lowest BCUT2D eigenvalue weighted by atomic mass is 10.0. The summed E-state index contributed by atoms with van der Waals surface area (Å²) in [5.74, 6) is 0.457. The summed E-state index contributed by atoms with van der Waals surface area (Å²) in [6.07, 6.45) is 0.507. The first-order valence-electron chi connectivity index (χ1n) is 8.60. The highest BCUT2D eigenvalue weighted by Crippen LogP contribution is 2.24. The van der Waals surface area contributed by atoms with Crippen LogP contribution < -0.4 is 9.46 Å². The molecule has 2 N–H and O–H groups in total. The van der Waals surface area contributed by atoms with E-state index >= 15 is 0 Å². The fourth-order valence-corrected chi connectivity index (χ4v) is 3.54. The van der Waals surface area contributed by atoms with Crippen molar-refractivity contribution in [3.63, 3.8) is 0 Å². The maximum Gasteiger partial charge on any atom is 0.357 e. The number of likely N-dealkylation sites (tertiary alicyclic amines) is 1. The number of hydrogen-bond acceptors (Lipinski definition) is 4. The first-order valence-corrected chi connectivity index (χ1v) is 10.0. The summed E-state index contributed by atoms with van der Waals surface area (Å²) < 4.78 is 38.6. The first-order chi connectivity index (χ1) is 12.7. The third-order valence-corrected chi connectivity index (χ3v) is 4.93. The zero-order valence-electron chi connectivity index (χ0n) is 15.2. The highest BCUT2D eigenvalue weighted by molar-refractivity contribution is 7.87. The van der Waals surface area contributed by atoms with Crippen molar-refractivity contribution in [2.75, 3.05) is 17.8 Å². The molecule has 1 aliphatic rings. The SMILES string of the molecule is Cc1ccc(C)c(C(=O)N2CC[C@H](Oc3cccc(NS(=O)(=O)O)c3)C2)c1. The van der Waals surface area contributed by atoms with E-state index in [9.17, 15) is 13.2 Å². The van der Waals surface area contributed by atoms with Crippen molar-refractivity contribution in [2.24, 2.45) is 0 Å². The summed E-state index contributed by atoms with van der Waals surface area (Å²) in [7, 11) is -4.34. The Morgan fingerprint density at radius 1 is 1.22 bits per heavy atom. The zero-order valence-corrected chi connectivity index (χ0v) is 16.0. The van der Waals surface area contributed by atoms with Gasteiger partial charge in [0.25, 0.3) is 5.91 Å². The number of hydrogen-bond donors (Lipinski definition) is 2. The van der Waals surface area contributed by atoms with Crippen LogP contribution in [-0.2, 0) is 10.3 Å². The number of carbonyl (C=O) groups excluding carboxylic acids is 1. The Morgan fingerprint density at radius 3 is 2.74 bits per heavy atom. The van der Waals surface area contributed by atoms with Crippen LogP contribution in [0.5, 0.6) is 5.75 Å². The molecule has 0 saturated carbocycles. The van der Waals surface area contributed by atoms with Gasteiger partial charge in [-0.2, -0.15) is 8.42 Å². The Bertz CT molecular complexity index is 958. The molecule has 1 aliphatic heterocycles. The lowest BCUT2D eigenvalue weighted by Gasteiger charge is -2.19. The van der Waals surface area contributed by atoms with Crippen molar-refractivity contribution >= 4 is 21.9 Å². The molecule has 7 nitrogen and oxygen atoms in total. The van der Waals surface area contributed by atoms with Crippen molar-refractivity contribution < 1.29 is 22.5 Å². The van der Waals surface area contributed by atoms with E-state index in [0.717, 1.165) is 11.1 Å². The van der Waals surface area contributed by atoms with Crippen LogP contribution in [0.15, 0.2) is 42.5 Å². The lowest BCUT2D eigenvalue weighted by Crippen LogP contribution is -2.31. The third kappa shape index (κ3) is 4.99. The Labute approximate surface area is 158 Å². The molecule has 1 atom stereocenters. The molecule has 27 heavy (non-hydrogen) atoms. The largest absolute Gasteiger partial charge is 0.488 e. The lowest BCUT2D eigenvalue weighted by molar-refractivity contribution is 0.0771. The highest BCUT2D eigenvalue weighted by Gasteiger charge is 2.29. The maximum atomic E-state index is 12.8. The molecule has 0 aromatic heterocycles.